The summed E-state index contributed by atoms with van der Waals surface area (Å²) in [7, 11) is 0. The van der Waals surface area contributed by atoms with Crippen LogP contribution in [-0.2, 0) is 6.54 Å². The highest BCUT2D eigenvalue weighted by atomic mass is 32.1. The number of nitrogens with zero attached hydrogens (tertiary/aromatic N) is 5. The molecule has 0 saturated heterocycles. The fourth-order valence-electron chi connectivity index (χ4n) is 2.73. The van der Waals surface area contributed by atoms with Crippen LogP contribution in [-0.4, -0.2) is 40.7 Å². The Balaban J connectivity index is 1.77. The van der Waals surface area contributed by atoms with Crippen LogP contribution in [0.5, 0.6) is 0 Å². The van der Waals surface area contributed by atoms with Gasteiger partial charge in [-0.3, -0.25) is 13.8 Å². The third-order valence-electron chi connectivity index (χ3n) is 4.10. The van der Waals surface area contributed by atoms with Crippen LogP contribution in [0.2, 0.25) is 0 Å². The monoisotopic (exact) mass is 384 g/mol. The Kier molecular flexibility index (Phi) is 3.92. The smallest absolute Gasteiger partial charge is 0.347 e. The molecule has 136 valence electrons. The molecule has 0 saturated carbocycles. The van der Waals surface area contributed by atoms with Gasteiger partial charge in [0.15, 0.2) is 0 Å². The van der Waals surface area contributed by atoms with Crippen LogP contribution in [0.4, 0.5) is 0 Å². The number of tetrazole rings is 1. The second-order valence-corrected chi connectivity index (χ2v) is 6.84. The molecule has 0 aliphatic rings. The largest absolute Gasteiger partial charge is 0.477 e. The maximum Gasteiger partial charge on any atom is 0.347 e. The van der Waals surface area contributed by atoms with Gasteiger partial charge in [0, 0.05) is 17.3 Å². The number of carboxylic acid groups (broad SMARTS) is 1. The van der Waals surface area contributed by atoms with Crippen molar-refractivity contribution < 1.29 is 9.90 Å². The zero-order chi connectivity index (χ0) is 19.1. The van der Waals surface area contributed by atoms with Gasteiger partial charge >= 0.3 is 11.7 Å². The van der Waals surface area contributed by atoms with Crippen LogP contribution >= 0.6 is 11.3 Å². The summed E-state index contributed by atoms with van der Waals surface area (Å²) in [6.07, 6.45) is 1.24. The molecule has 1 aromatic carbocycles. The van der Waals surface area contributed by atoms with Gasteiger partial charge in [-0.15, -0.1) is 21.5 Å². The van der Waals surface area contributed by atoms with Gasteiger partial charge < -0.3 is 5.11 Å². The van der Waals surface area contributed by atoms with Crippen LogP contribution in [0.1, 0.15) is 20.8 Å². The Hall–Kier alpha value is -3.60. The van der Waals surface area contributed by atoms with Crippen LogP contribution in [0.15, 0.2) is 40.1 Å². The lowest BCUT2D eigenvalue weighted by molar-refractivity contribution is 0.0701. The normalized spacial score (nSPS) is 11.1. The molecule has 4 aromatic rings. The summed E-state index contributed by atoms with van der Waals surface area (Å²) in [6.45, 7) is 1.64. The molecular weight excluding hydrogens is 372 g/mol. The van der Waals surface area contributed by atoms with E-state index in [0.29, 0.717) is 16.2 Å². The zero-order valence-electron chi connectivity index (χ0n) is 13.9. The highest BCUT2D eigenvalue weighted by molar-refractivity contribution is 7.19. The van der Waals surface area contributed by atoms with Crippen molar-refractivity contribution in [3.05, 3.63) is 67.3 Å². The van der Waals surface area contributed by atoms with Crippen LogP contribution in [0, 0.1) is 6.92 Å². The average molecular weight is 384 g/mol. The second-order valence-electron chi connectivity index (χ2n) is 5.81. The first kappa shape index (κ1) is 16.8. The van der Waals surface area contributed by atoms with E-state index in [1.165, 1.54) is 10.6 Å². The molecule has 0 amide bonds. The Morgan fingerprint density at radius 1 is 1.26 bits per heavy atom. The number of aryl methyl sites for hydroxylation is 1. The van der Waals surface area contributed by atoms with Gasteiger partial charge in [-0.25, -0.2) is 9.59 Å². The molecule has 27 heavy (non-hydrogen) atoms. The maximum atomic E-state index is 12.7. The lowest BCUT2D eigenvalue weighted by Gasteiger charge is -2.08. The Morgan fingerprint density at radius 2 is 2.00 bits per heavy atom. The SMILES string of the molecule is Cc1c(=O)n(Cc2ccc(-c3nn[nH]n3)cc2)c(=O)n2cc(C(=O)O)sc12. The van der Waals surface area contributed by atoms with Crippen molar-refractivity contribution in [2.45, 2.75) is 13.5 Å². The molecule has 0 aliphatic heterocycles. The van der Waals surface area contributed by atoms with E-state index in [0.717, 1.165) is 27.0 Å². The van der Waals surface area contributed by atoms with Crippen molar-refractivity contribution in [3.8, 4) is 11.4 Å². The number of carbonyl (C=O) groups is 1. The standard InChI is InChI=1S/C16H12N6O4S/c1-8-13(23)21(16(26)22-7-11(15(24)25)27-14(8)22)6-9-2-4-10(5-3-9)12-17-19-20-18-12/h2-5,7H,6H2,1H3,(H,24,25)(H,17,18,19,20). The number of fused-ring (bicyclic) bond motifs is 1. The summed E-state index contributed by atoms with van der Waals surface area (Å²) in [5.41, 5.74) is 0.782. The summed E-state index contributed by atoms with van der Waals surface area (Å²) >= 11 is 0.903. The number of hydrogen-bond donors (Lipinski definition) is 2. The van der Waals surface area contributed by atoms with E-state index >= 15 is 0 Å². The van der Waals surface area contributed by atoms with E-state index < -0.39 is 17.2 Å². The molecular formula is C16H12N6O4S. The van der Waals surface area contributed by atoms with E-state index in [1.807, 2.05) is 0 Å². The molecule has 10 nitrogen and oxygen atoms in total. The van der Waals surface area contributed by atoms with Crippen LogP contribution in [0.25, 0.3) is 16.2 Å². The Morgan fingerprint density at radius 3 is 2.63 bits per heavy atom. The number of aromatic nitrogens is 6. The van der Waals surface area contributed by atoms with E-state index in [4.69, 9.17) is 5.11 Å². The highest BCUT2D eigenvalue weighted by Gasteiger charge is 2.17. The van der Waals surface area contributed by atoms with Crippen LogP contribution in [0.3, 0.4) is 0 Å². The number of aromatic carboxylic acids is 1. The third-order valence-corrected chi connectivity index (χ3v) is 5.30. The van der Waals surface area contributed by atoms with Crippen molar-refractivity contribution >= 4 is 22.1 Å². The van der Waals surface area contributed by atoms with Gasteiger partial charge in [-0.2, -0.15) is 5.21 Å². The second kappa shape index (κ2) is 6.29. The molecule has 0 fully saturated rings. The minimum Gasteiger partial charge on any atom is -0.477 e. The van der Waals surface area contributed by atoms with Gasteiger partial charge in [-0.05, 0) is 17.7 Å². The summed E-state index contributed by atoms with van der Waals surface area (Å²) in [6, 6.07) is 7.05. The van der Waals surface area contributed by atoms with E-state index in [2.05, 4.69) is 20.6 Å². The number of thiazole rings is 1. The number of rotatable bonds is 4. The molecule has 0 unspecified atom stereocenters. The molecule has 2 N–H and O–H groups in total. The molecule has 4 rings (SSSR count). The number of aromatic amines is 1. The molecule has 3 aromatic heterocycles. The van der Waals surface area contributed by atoms with Gasteiger partial charge in [0.2, 0.25) is 5.82 Å². The van der Waals surface area contributed by atoms with Crippen molar-refractivity contribution in [1.82, 2.24) is 29.6 Å². The molecule has 0 bridgehead atoms. The Labute approximate surface area is 154 Å². The van der Waals surface area contributed by atoms with Gasteiger partial charge in [0.05, 0.1) is 6.54 Å². The molecule has 0 radical (unpaired) electrons. The lowest BCUT2D eigenvalue weighted by atomic mass is 10.1. The Bertz CT molecular complexity index is 1270. The van der Waals surface area contributed by atoms with Crippen LogP contribution < -0.4 is 11.2 Å². The number of carboxylic acids is 1. The quantitative estimate of drug-likeness (QED) is 0.530. The van der Waals surface area contributed by atoms with Gasteiger partial charge in [-0.1, -0.05) is 24.3 Å². The summed E-state index contributed by atoms with van der Waals surface area (Å²) in [4.78, 5) is 36.8. The third kappa shape index (κ3) is 2.83. The molecule has 11 heteroatoms. The minimum absolute atomic E-state index is 0.00295. The van der Waals surface area contributed by atoms with Crippen molar-refractivity contribution in [3.63, 3.8) is 0 Å². The van der Waals surface area contributed by atoms with E-state index in [9.17, 15) is 14.4 Å². The summed E-state index contributed by atoms with van der Waals surface area (Å²) in [5.74, 6) is -0.700. The van der Waals surface area contributed by atoms with E-state index in [1.54, 1.807) is 31.2 Å². The maximum absolute atomic E-state index is 12.7. The number of nitrogens with one attached hydrogen (secondary N) is 1. The van der Waals surface area contributed by atoms with Gasteiger partial charge in [0.25, 0.3) is 5.56 Å². The van der Waals surface area contributed by atoms with Crippen molar-refractivity contribution in [1.29, 1.82) is 0 Å². The number of hydrogen-bond acceptors (Lipinski definition) is 7. The summed E-state index contributed by atoms with van der Waals surface area (Å²) < 4.78 is 2.29. The first-order chi connectivity index (χ1) is 13.0. The predicted octanol–water partition coefficient (Wildman–Crippen LogP) is 0.758. The van der Waals surface area contributed by atoms with Crippen molar-refractivity contribution in [2.75, 3.05) is 0 Å². The lowest BCUT2D eigenvalue weighted by Crippen LogP contribution is -2.38. The number of benzene rings is 1. The van der Waals surface area contributed by atoms with E-state index in [-0.39, 0.29) is 11.4 Å². The first-order valence-electron chi connectivity index (χ1n) is 7.77. The van der Waals surface area contributed by atoms with Gasteiger partial charge in [0.1, 0.15) is 9.71 Å². The molecule has 3 heterocycles. The number of H-pyrrole nitrogens is 1. The first-order valence-corrected chi connectivity index (χ1v) is 8.59. The zero-order valence-corrected chi connectivity index (χ0v) is 14.7. The molecule has 0 aliphatic carbocycles. The fraction of sp³-hybridized carbons (Fsp3) is 0.125. The predicted molar refractivity (Wildman–Crippen MR) is 96.2 cm³/mol. The topological polar surface area (TPSA) is 135 Å². The molecule has 0 spiro atoms. The minimum atomic E-state index is -1.14. The fourth-order valence-corrected chi connectivity index (χ4v) is 3.65. The molecule has 0 atom stereocenters. The summed E-state index contributed by atoms with van der Waals surface area (Å²) in [5, 5.41) is 22.8. The van der Waals surface area contributed by atoms with Crippen molar-refractivity contribution in [2.24, 2.45) is 0 Å². The highest BCUT2D eigenvalue weighted by Crippen LogP contribution is 2.18. The average Bonchev–Trinajstić information content (AvgIpc) is 3.34.